The molecule has 1 aromatic carbocycles. The SMILES string of the molecule is CCCNC(=O)c1c(C#CC(C)(C)O)nc(Cl)n1Cc1ccc(Cl)cc1. The van der Waals surface area contributed by atoms with Gasteiger partial charge >= 0.3 is 0 Å². The summed E-state index contributed by atoms with van der Waals surface area (Å²) in [4.78, 5) is 16.9. The Hall–Kier alpha value is -2.00. The van der Waals surface area contributed by atoms with Crippen LogP contribution < -0.4 is 5.32 Å². The molecule has 7 heteroatoms. The molecule has 0 aliphatic heterocycles. The predicted molar refractivity (Wildman–Crippen MR) is 104 cm³/mol. The van der Waals surface area contributed by atoms with Crippen molar-refractivity contribution in [2.45, 2.75) is 39.3 Å². The Labute approximate surface area is 163 Å². The summed E-state index contributed by atoms with van der Waals surface area (Å²) in [6, 6.07) is 7.25. The van der Waals surface area contributed by atoms with Crippen LogP contribution in [0.3, 0.4) is 0 Å². The number of nitrogens with one attached hydrogen (secondary N) is 1. The van der Waals surface area contributed by atoms with Crippen molar-refractivity contribution in [2.24, 2.45) is 0 Å². The number of imidazole rings is 1. The van der Waals surface area contributed by atoms with Gasteiger partial charge in [-0.15, -0.1) is 0 Å². The summed E-state index contributed by atoms with van der Waals surface area (Å²) >= 11 is 12.2. The highest BCUT2D eigenvalue weighted by atomic mass is 35.5. The lowest BCUT2D eigenvalue weighted by molar-refractivity contribution is 0.0944. The van der Waals surface area contributed by atoms with Crippen LogP contribution in [0.1, 0.15) is 48.9 Å². The molecule has 2 rings (SSSR count). The number of carbonyl (C=O) groups excluding carboxylic acids is 1. The summed E-state index contributed by atoms with van der Waals surface area (Å²) in [5.74, 6) is 5.14. The van der Waals surface area contributed by atoms with E-state index in [1.165, 1.54) is 0 Å². The Bertz CT molecular complexity index is 841. The van der Waals surface area contributed by atoms with Gasteiger partial charge in [0.1, 0.15) is 17.0 Å². The first kappa shape index (κ1) is 20.3. The molecule has 0 radical (unpaired) electrons. The van der Waals surface area contributed by atoms with Crippen molar-refractivity contribution in [3.05, 3.63) is 51.5 Å². The number of hydrogen-bond donors (Lipinski definition) is 2. The molecule has 2 aromatic rings. The topological polar surface area (TPSA) is 67.2 Å². The Morgan fingerprint density at radius 3 is 2.54 bits per heavy atom. The Balaban J connectivity index is 2.47. The smallest absolute Gasteiger partial charge is 0.270 e. The van der Waals surface area contributed by atoms with Crippen LogP contribution in [0.2, 0.25) is 10.3 Å². The molecule has 0 aliphatic rings. The molecule has 5 nitrogen and oxygen atoms in total. The molecule has 0 unspecified atom stereocenters. The molecule has 1 amide bonds. The fourth-order valence-corrected chi connectivity index (χ4v) is 2.55. The number of halogens is 2. The number of benzene rings is 1. The summed E-state index contributed by atoms with van der Waals surface area (Å²) in [5, 5.41) is 13.4. The van der Waals surface area contributed by atoms with Crippen molar-refractivity contribution >= 4 is 29.1 Å². The van der Waals surface area contributed by atoms with Gasteiger partial charge in [0.05, 0.1) is 6.54 Å². The van der Waals surface area contributed by atoms with Crippen LogP contribution in [0.15, 0.2) is 24.3 Å². The second kappa shape index (κ2) is 8.59. The second-order valence-electron chi connectivity index (χ2n) is 6.36. The summed E-state index contributed by atoms with van der Waals surface area (Å²) < 4.78 is 1.60. The van der Waals surface area contributed by atoms with Gasteiger partial charge in [0.25, 0.3) is 5.91 Å². The standard InChI is InChI=1S/C19H21Cl2N3O2/c1-4-11-22-17(25)16-15(9-10-19(2,3)26)23-18(21)24(16)12-13-5-7-14(20)8-6-13/h5-8,26H,4,11-12H2,1-3H3,(H,22,25). The molecule has 138 valence electrons. The van der Waals surface area contributed by atoms with E-state index in [-0.39, 0.29) is 22.6 Å². The third-order valence-corrected chi connectivity index (χ3v) is 3.95. The van der Waals surface area contributed by atoms with E-state index in [1.807, 2.05) is 19.1 Å². The Kier molecular flexibility index (Phi) is 6.71. The van der Waals surface area contributed by atoms with Crippen molar-refractivity contribution in [1.29, 1.82) is 0 Å². The van der Waals surface area contributed by atoms with Gasteiger partial charge in [-0.3, -0.25) is 4.79 Å². The van der Waals surface area contributed by atoms with Crippen LogP contribution in [0.5, 0.6) is 0 Å². The van der Waals surface area contributed by atoms with Crippen molar-refractivity contribution in [3.63, 3.8) is 0 Å². The molecule has 0 saturated carbocycles. The minimum absolute atomic E-state index is 0.154. The minimum atomic E-state index is -1.20. The summed E-state index contributed by atoms with van der Waals surface area (Å²) in [5.41, 5.74) is 0.221. The van der Waals surface area contributed by atoms with Gasteiger partial charge in [-0.05, 0) is 55.5 Å². The van der Waals surface area contributed by atoms with Gasteiger partial charge < -0.3 is 15.0 Å². The maximum atomic E-state index is 12.6. The fraction of sp³-hybridized carbons (Fsp3) is 0.368. The monoisotopic (exact) mass is 393 g/mol. The van der Waals surface area contributed by atoms with E-state index < -0.39 is 5.60 Å². The quantitative estimate of drug-likeness (QED) is 0.763. The van der Waals surface area contributed by atoms with E-state index in [1.54, 1.807) is 30.5 Å². The normalized spacial score (nSPS) is 11.0. The van der Waals surface area contributed by atoms with E-state index in [2.05, 4.69) is 22.1 Å². The molecular formula is C19H21Cl2N3O2. The van der Waals surface area contributed by atoms with Gasteiger partial charge in [0.2, 0.25) is 5.28 Å². The number of aliphatic hydroxyl groups is 1. The zero-order valence-corrected chi connectivity index (χ0v) is 16.4. The first-order chi connectivity index (χ1) is 12.2. The summed E-state index contributed by atoms with van der Waals surface area (Å²) in [6.45, 7) is 5.96. The molecule has 0 atom stereocenters. The zero-order chi connectivity index (χ0) is 19.3. The average Bonchev–Trinajstić information content (AvgIpc) is 2.88. The van der Waals surface area contributed by atoms with Crippen molar-refractivity contribution in [1.82, 2.24) is 14.9 Å². The molecular weight excluding hydrogens is 373 g/mol. The van der Waals surface area contributed by atoms with Crippen molar-refractivity contribution < 1.29 is 9.90 Å². The number of hydrogen-bond acceptors (Lipinski definition) is 3. The third kappa shape index (κ3) is 5.50. The molecule has 0 bridgehead atoms. The lowest BCUT2D eigenvalue weighted by Gasteiger charge is -2.10. The van der Waals surface area contributed by atoms with E-state index >= 15 is 0 Å². The van der Waals surface area contributed by atoms with Crippen LogP contribution in [-0.4, -0.2) is 32.7 Å². The molecule has 0 aliphatic carbocycles. The highest BCUT2D eigenvalue weighted by molar-refractivity contribution is 6.30. The Morgan fingerprint density at radius 2 is 1.96 bits per heavy atom. The van der Waals surface area contributed by atoms with Gasteiger partial charge in [-0.25, -0.2) is 4.98 Å². The first-order valence-corrected chi connectivity index (χ1v) is 9.01. The van der Waals surface area contributed by atoms with Gasteiger partial charge in [-0.1, -0.05) is 36.6 Å². The molecule has 2 N–H and O–H groups in total. The summed E-state index contributed by atoms with van der Waals surface area (Å²) in [6.07, 6.45) is 0.801. The highest BCUT2D eigenvalue weighted by Crippen LogP contribution is 2.20. The van der Waals surface area contributed by atoms with Crippen LogP contribution in [0.4, 0.5) is 0 Å². The molecule has 0 fully saturated rings. The van der Waals surface area contributed by atoms with E-state index in [0.717, 1.165) is 12.0 Å². The molecule has 0 saturated heterocycles. The summed E-state index contributed by atoms with van der Waals surface area (Å²) in [7, 11) is 0. The number of carbonyl (C=O) groups is 1. The third-order valence-electron chi connectivity index (χ3n) is 3.41. The zero-order valence-electron chi connectivity index (χ0n) is 14.9. The molecule has 26 heavy (non-hydrogen) atoms. The molecule has 1 aromatic heterocycles. The average molecular weight is 394 g/mol. The van der Waals surface area contributed by atoms with Crippen LogP contribution in [-0.2, 0) is 6.54 Å². The van der Waals surface area contributed by atoms with E-state index in [0.29, 0.717) is 18.1 Å². The second-order valence-corrected chi connectivity index (χ2v) is 7.13. The maximum Gasteiger partial charge on any atom is 0.270 e. The number of aromatic nitrogens is 2. The lowest BCUT2D eigenvalue weighted by atomic mass is 10.1. The highest BCUT2D eigenvalue weighted by Gasteiger charge is 2.22. The van der Waals surface area contributed by atoms with Gasteiger partial charge in [-0.2, -0.15) is 0 Å². The Morgan fingerprint density at radius 1 is 1.31 bits per heavy atom. The van der Waals surface area contributed by atoms with Crippen LogP contribution >= 0.6 is 23.2 Å². The lowest BCUT2D eigenvalue weighted by Crippen LogP contribution is -2.27. The first-order valence-electron chi connectivity index (χ1n) is 8.25. The van der Waals surface area contributed by atoms with Crippen molar-refractivity contribution in [2.75, 3.05) is 6.54 Å². The maximum absolute atomic E-state index is 12.6. The predicted octanol–water partition coefficient (Wildman–Crippen LogP) is 3.50. The molecule has 0 spiro atoms. The number of nitrogens with zero attached hydrogens (tertiary/aromatic N) is 2. The minimum Gasteiger partial charge on any atom is -0.378 e. The number of amides is 1. The van der Waals surface area contributed by atoms with Gasteiger partial charge in [0.15, 0.2) is 0 Å². The largest absolute Gasteiger partial charge is 0.378 e. The van der Waals surface area contributed by atoms with Crippen LogP contribution in [0, 0.1) is 11.8 Å². The number of rotatable bonds is 5. The van der Waals surface area contributed by atoms with E-state index in [9.17, 15) is 9.90 Å². The van der Waals surface area contributed by atoms with Crippen LogP contribution in [0.25, 0.3) is 0 Å². The van der Waals surface area contributed by atoms with E-state index in [4.69, 9.17) is 23.2 Å². The molecule has 1 heterocycles. The fourth-order valence-electron chi connectivity index (χ4n) is 2.19. The van der Waals surface area contributed by atoms with Gasteiger partial charge in [0, 0.05) is 11.6 Å². The van der Waals surface area contributed by atoms with Crippen molar-refractivity contribution in [3.8, 4) is 11.8 Å².